The van der Waals surface area contributed by atoms with Gasteiger partial charge in [-0.25, -0.2) is 0 Å². The number of halogens is 1. The summed E-state index contributed by atoms with van der Waals surface area (Å²) in [7, 11) is 1.74. The fraction of sp³-hybridized carbons (Fsp3) is 0.571. The molecule has 94 valence electrons. The zero-order valence-corrected chi connectivity index (χ0v) is 12.0. The molecule has 1 fully saturated rings. The molecule has 1 heterocycles. The number of hydrogen-bond donors (Lipinski definition) is 0. The molecule has 1 aliphatic rings. The van der Waals surface area contributed by atoms with E-state index in [2.05, 4.69) is 41.1 Å². The molecule has 2 rings (SSSR count). The lowest BCUT2D eigenvalue weighted by Gasteiger charge is -2.25. The fourth-order valence-corrected chi connectivity index (χ4v) is 3.03. The van der Waals surface area contributed by atoms with Crippen molar-refractivity contribution in [2.75, 3.05) is 25.7 Å². The predicted octanol–water partition coefficient (Wildman–Crippen LogP) is 3.35. The van der Waals surface area contributed by atoms with E-state index in [-0.39, 0.29) is 5.41 Å². The van der Waals surface area contributed by atoms with Crippen molar-refractivity contribution in [3.05, 3.63) is 29.3 Å². The second-order valence-corrected chi connectivity index (χ2v) is 5.49. The third kappa shape index (κ3) is 2.83. The van der Waals surface area contributed by atoms with Gasteiger partial charge >= 0.3 is 0 Å². The molecule has 1 aliphatic heterocycles. The summed E-state index contributed by atoms with van der Waals surface area (Å²) in [5.41, 5.74) is 2.81. The molecular weight excluding hydrogens is 280 g/mol. The molecule has 0 radical (unpaired) electrons. The minimum atomic E-state index is 0.237. The van der Waals surface area contributed by atoms with Crippen LogP contribution in [-0.2, 0) is 11.2 Å². The number of alkyl halides is 1. The lowest BCUT2D eigenvalue weighted by Crippen LogP contribution is -2.26. The second kappa shape index (κ2) is 5.40. The van der Waals surface area contributed by atoms with Crippen LogP contribution in [0.1, 0.15) is 17.5 Å². The maximum atomic E-state index is 5.56. The van der Waals surface area contributed by atoms with Crippen molar-refractivity contribution in [2.45, 2.75) is 19.8 Å². The Morgan fingerprint density at radius 3 is 2.88 bits per heavy atom. The summed E-state index contributed by atoms with van der Waals surface area (Å²) >= 11 is 3.64. The maximum absolute atomic E-state index is 5.56. The highest BCUT2D eigenvalue weighted by Gasteiger charge is 2.34. The molecule has 3 heteroatoms. The first kappa shape index (κ1) is 12.9. The smallest absolute Gasteiger partial charge is 0.122 e. The van der Waals surface area contributed by atoms with E-state index >= 15 is 0 Å². The molecule has 2 nitrogen and oxygen atoms in total. The Labute approximate surface area is 111 Å². The van der Waals surface area contributed by atoms with Gasteiger partial charge in [-0.1, -0.05) is 33.6 Å². The molecule has 0 aromatic heterocycles. The monoisotopic (exact) mass is 298 g/mol. The average molecular weight is 299 g/mol. The highest BCUT2D eigenvalue weighted by atomic mass is 79.9. The number of benzene rings is 1. The summed E-state index contributed by atoms with van der Waals surface area (Å²) in [4.78, 5) is 0. The zero-order chi connectivity index (χ0) is 12.3. The van der Waals surface area contributed by atoms with Gasteiger partial charge in [0.15, 0.2) is 0 Å². The van der Waals surface area contributed by atoms with Crippen molar-refractivity contribution in [1.29, 1.82) is 0 Å². The maximum Gasteiger partial charge on any atom is 0.122 e. The predicted molar refractivity (Wildman–Crippen MR) is 73.1 cm³/mol. The largest absolute Gasteiger partial charge is 0.496 e. The molecule has 1 aromatic carbocycles. The van der Waals surface area contributed by atoms with Crippen LogP contribution >= 0.6 is 15.9 Å². The van der Waals surface area contributed by atoms with E-state index in [1.54, 1.807) is 7.11 Å². The summed E-state index contributed by atoms with van der Waals surface area (Å²) in [5, 5.41) is 0.983. The van der Waals surface area contributed by atoms with Crippen LogP contribution in [0.3, 0.4) is 0 Å². The van der Waals surface area contributed by atoms with Gasteiger partial charge in [0.2, 0.25) is 0 Å². The van der Waals surface area contributed by atoms with Crippen LogP contribution in [0.25, 0.3) is 0 Å². The van der Waals surface area contributed by atoms with E-state index in [9.17, 15) is 0 Å². The first-order valence-electron chi connectivity index (χ1n) is 5.96. The number of rotatable bonds is 4. The molecule has 1 unspecified atom stereocenters. The summed E-state index contributed by atoms with van der Waals surface area (Å²) in [6.07, 6.45) is 2.14. The van der Waals surface area contributed by atoms with Gasteiger partial charge in [-0.2, -0.15) is 0 Å². The highest BCUT2D eigenvalue weighted by molar-refractivity contribution is 9.09. The second-order valence-electron chi connectivity index (χ2n) is 4.93. The zero-order valence-electron chi connectivity index (χ0n) is 10.5. The van der Waals surface area contributed by atoms with Crippen molar-refractivity contribution in [1.82, 2.24) is 0 Å². The standard InChI is InChI=1S/C14H19BrO2/c1-11-3-4-13(16-2)12(7-11)8-14(9-15)5-6-17-10-14/h3-4,7H,5-6,8-10H2,1-2H3. The first-order chi connectivity index (χ1) is 8.19. The van der Waals surface area contributed by atoms with Gasteiger partial charge in [0.1, 0.15) is 5.75 Å². The van der Waals surface area contributed by atoms with Crippen molar-refractivity contribution in [2.24, 2.45) is 5.41 Å². The van der Waals surface area contributed by atoms with Crippen molar-refractivity contribution in [3.8, 4) is 5.75 Å². The van der Waals surface area contributed by atoms with Crippen LogP contribution in [0.2, 0.25) is 0 Å². The van der Waals surface area contributed by atoms with Gasteiger partial charge in [-0.05, 0) is 31.4 Å². The Balaban J connectivity index is 2.24. The Morgan fingerprint density at radius 2 is 2.29 bits per heavy atom. The van der Waals surface area contributed by atoms with Gasteiger partial charge in [0, 0.05) is 17.4 Å². The van der Waals surface area contributed by atoms with E-state index in [0.717, 1.165) is 37.1 Å². The third-order valence-corrected chi connectivity index (χ3v) is 4.66. The van der Waals surface area contributed by atoms with Crippen LogP contribution in [0.5, 0.6) is 5.75 Å². The van der Waals surface area contributed by atoms with Crippen molar-refractivity contribution in [3.63, 3.8) is 0 Å². The molecule has 0 aliphatic carbocycles. The summed E-state index contributed by atoms with van der Waals surface area (Å²) in [5.74, 6) is 0.989. The van der Waals surface area contributed by atoms with Gasteiger partial charge in [-0.3, -0.25) is 0 Å². The molecular formula is C14H19BrO2. The first-order valence-corrected chi connectivity index (χ1v) is 7.08. The van der Waals surface area contributed by atoms with Crippen LogP contribution < -0.4 is 4.74 Å². The Kier molecular flexibility index (Phi) is 4.10. The normalized spacial score (nSPS) is 23.9. The minimum absolute atomic E-state index is 0.237. The van der Waals surface area contributed by atoms with Gasteiger partial charge in [-0.15, -0.1) is 0 Å². The molecule has 0 bridgehead atoms. The summed E-state index contributed by atoms with van der Waals surface area (Å²) < 4.78 is 11.0. The van der Waals surface area contributed by atoms with Crippen molar-refractivity contribution >= 4 is 15.9 Å². The van der Waals surface area contributed by atoms with E-state index in [1.165, 1.54) is 11.1 Å². The Bertz CT molecular complexity index is 384. The highest BCUT2D eigenvalue weighted by Crippen LogP contribution is 2.37. The lowest BCUT2D eigenvalue weighted by atomic mass is 9.82. The van der Waals surface area contributed by atoms with E-state index in [1.807, 2.05) is 0 Å². The number of methoxy groups -OCH3 is 1. The lowest BCUT2D eigenvalue weighted by molar-refractivity contribution is 0.161. The van der Waals surface area contributed by atoms with E-state index < -0.39 is 0 Å². The molecule has 1 atom stereocenters. The molecule has 17 heavy (non-hydrogen) atoms. The summed E-state index contributed by atoms with van der Waals surface area (Å²) in [6.45, 7) is 3.84. The third-order valence-electron chi connectivity index (χ3n) is 3.47. The van der Waals surface area contributed by atoms with Crippen LogP contribution in [0.4, 0.5) is 0 Å². The number of ether oxygens (including phenoxy) is 2. The van der Waals surface area contributed by atoms with Gasteiger partial charge in [0.25, 0.3) is 0 Å². The van der Waals surface area contributed by atoms with Crippen LogP contribution in [0, 0.1) is 12.3 Å². The van der Waals surface area contributed by atoms with E-state index in [0.29, 0.717) is 0 Å². The average Bonchev–Trinajstić information content (AvgIpc) is 2.79. The number of aryl methyl sites for hydroxylation is 1. The van der Waals surface area contributed by atoms with Gasteiger partial charge < -0.3 is 9.47 Å². The Hall–Kier alpha value is -0.540. The SMILES string of the molecule is COc1ccc(C)cc1CC1(CBr)CCOC1. The van der Waals surface area contributed by atoms with Crippen LogP contribution in [0.15, 0.2) is 18.2 Å². The fourth-order valence-electron chi connectivity index (χ4n) is 2.39. The molecule has 0 saturated carbocycles. The Morgan fingerprint density at radius 1 is 1.47 bits per heavy atom. The molecule has 0 amide bonds. The minimum Gasteiger partial charge on any atom is -0.496 e. The van der Waals surface area contributed by atoms with Crippen molar-refractivity contribution < 1.29 is 9.47 Å². The molecule has 0 spiro atoms. The van der Waals surface area contributed by atoms with E-state index in [4.69, 9.17) is 9.47 Å². The number of hydrogen-bond acceptors (Lipinski definition) is 2. The molecule has 0 N–H and O–H groups in total. The summed E-state index contributed by atoms with van der Waals surface area (Å²) in [6, 6.07) is 6.37. The topological polar surface area (TPSA) is 18.5 Å². The van der Waals surface area contributed by atoms with Gasteiger partial charge in [0.05, 0.1) is 13.7 Å². The molecule has 1 saturated heterocycles. The molecule has 1 aromatic rings. The quantitative estimate of drug-likeness (QED) is 0.794. The van der Waals surface area contributed by atoms with Crippen LogP contribution in [-0.4, -0.2) is 25.7 Å².